The van der Waals surface area contributed by atoms with Crippen LogP contribution in [0.4, 0.5) is 4.79 Å². The molecule has 0 radical (unpaired) electrons. The highest BCUT2D eigenvalue weighted by atomic mass is 35.5. The zero-order valence-electron chi connectivity index (χ0n) is 4.17. The van der Waals surface area contributed by atoms with Gasteiger partial charge in [-0.1, -0.05) is 11.6 Å². The predicted molar refractivity (Wildman–Crippen MR) is 32.2 cm³/mol. The van der Waals surface area contributed by atoms with E-state index in [1.54, 1.807) is 0 Å². The summed E-state index contributed by atoms with van der Waals surface area (Å²) in [6.45, 7) is 0. The van der Waals surface area contributed by atoms with Gasteiger partial charge in [0.15, 0.2) is 11.5 Å². The summed E-state index contributed by atoms with van der Waals surface area (Å²) in [5.41, 5.74) is -0.0957. The topological polar surface area (TPSA) is 58.9 Å². The number of rotatable bonds is 1. The third-order valence-electron chi connectivity index (χ3n) is 0.733. The van der Waals surface area contributed by atoms with Gasteiger partial charge in [0.25, 0.3) is 0 Å². The van der Waals surface area contributed by atoms with Crippen molar-refractivity contribution in [3.8, 4) is 0 Å². The molecule has 0 aliphatic carbocycles. The van der Waals surface area contributed by atoms with Gasteiger partial charge in [-0.3, -0.25) is 4.79 Å². The van der Waals surface area contributed by atoms with Crippen molar-refractivity contribution in [2.45, 2.75) is 0 Å². The molecule has 0 saturated carbocycles. The molecule has 0 unspecified atom stereocenters. The Morgan fingerprint density at radius 3 is 2.33 bits per heavy atom. The van der Waals surface area contributed by atoms with Crippen molar-refractivity contribution in [2.75, 3.05) is 0 Å². The zero-order chi connectivity index (χ0) is 6.85. The maximum atomic E-state index is 10.2. The molecule has 46 valence electrons. The molecule has 1 heterocycles. The molecule has 4 nitrogen and oxygen atoms in total. The summed E-state index contributed by atoms with van der Waals surface area (Å²) in [7, 11) is 0. The van der Waals surface area contributed by atoms with Crippen LogP contribution in [0.5, 0.6) is 0 Å². The SMILES string of the molecule is O=CC1=NC(=O)N=C1Cl. The van der Waals surface area contributed by atoms with Gasteiger partial charge >= 0.3 is 6.03 Å². The fraction of sp³-hybridized carbons (Fsp3) is 0. The second-order valence-electron chi connectivity index (χ2n) is 1.30. The lowest BCUT2D eigenvalue weighted by atomic mass is 10.5. The van der Waals surface area contributed by atoms with Crippen molar-refractivity contribution in [3.05, 3.63) is 0 Å². The molecule has 0 aromatic rings. The summed E-state index contributed by atoms with van der Waals surface area (Å²) in [5, 5.41) is -0.130. The summed E-state index contributed by atoms with van der Waals surface area (Å²) >= 11 is 5.24. The van der Waals surface area contributed by atoms with Gasteiger partial charge in [-0.05, 0) is 0 Å². The minimum absolute atomic E-state index is 0.0957. The molecule has 0 aromatic heterocycles. The van der Waals surface area contributed by atoms with Crippen molar-refractivity contribution in [1.29, 1.82) is 0 Å². The molecule has 1 aliphatic heterocycles. The van der Waals surface area contributed by atoms with Gasteiger partial charge in [-0.15, -0.1) is 0 Å². The quantitative estimate of drug-likeness (QED) is 0.500. The van der Waals surface area contributed by atoms with E-state index in [1.807, 2.05) is 0 Å². The summed E-state index contributed by atoms with van der Waals surface area (Å²) in [6.07, 6.45) is 0.386. The average Bonchev–Trinajstić information content (AvgIpc) is 2.10. The molecule has 0 spiro atoms. The Hall–Kier alpha value is -1.03. The van der Waals surface area contributed by atoms with E-state index in [-0.39, 0.29) is 10.9 Å². The monoisotopic (exact) mass is 144 g/mol. The van der Waals surface area contributed by atoms with Crippen LogP contribution >= 0.6 is 11.6 Å². The Morgan fingerprint density at radius 1 is 1.44 bits per heavy atom. The Labute approximate surface area is 55.2 Å². The highest BCUT2D eigenvalue weighted by Crippen LogP contribution is 2.00. The first-order valence-corrected chi connectivity index (χ1v) is 2.44. The van der Waals surface area contributed by atoms with E-state index < -0.39 is 6.03 Å². The van der Waals surface area contributed by atoms with Crippen LogP contribution in [0.3, 0.4) is 0 Å². The molecule has 0 aromatic carbocycles. The van der Waals surface area contributed by atoms with Crippen LogP contribution in [-0.2, 0) is 4.79 Å². The Balaban J connectivity index is 3.00. The van der Waals surface area contributed by atoms with E-state index in [9.17, 15) is 9.59 Å². The van der Waals surface area contributed by atoms with Gasteiger partial charge in [0, 0.05) is 0 Å². The molecule has 0 N–H and O–H groups in total. The van der Waals surface area contributed by atoms with Crippen LogP contribution in [0.25, 0.3) is 0 Å². The van der Waals surface area contributed by atoms with Gasteiger partial charge in [0.05, 0.1) is 0 Å². The summed E-state index contributed by atoms with van der Waals surface area (Å²) in [4.78, 5) is 26.4. The van der Waals surface area contributed by atoms with Gasteiger partial charge < -0.3 is 0 Å². The molecule has 5 heteroatoms. The van der Waals surface area contributed by atoms with Gasteiger partial charge in [0.1, 0.15) is 5.71 Å². The lowest BCUT2D eigenvalue weighted by Gasteiger charge is -1.77. The number of carbonyl (C=O) groups excluding carboxylic acids is 2. The Bertz CT molecular complexity index is 231. The number of halogens is 1. The maximum Gasteiger partial charge on any atom is 0.369 e. The van der Waals surface area contributed by atoms with E-state index >= 15 is 0 Å². The Kier molecular flexibility index (Phi) is 1.40. The number of carbonyl (C=O) groups is 2. The number of amides is 2. The standard InChI is InChI=1S/C4HClN2O2/c5-3-2(1-8)6-4(9)7-3/h1H. The molecule has 0 atom stereocenters. The van der Waals surface area contributed by atoms with Gasteiger partial charge in [-0.2, -0.15) is 9.98 Å². The highest BCUT2D eigenvalue weighted by molar-refractivity contribution is 6.92. The number of aliphatic imine (C=N–C) groups is 2. The number of nitrogens with zero attached hydrogens (tertiary/aromatic N) is 2. The van der Waals surface area contributed by atoms with Gasteiger partial charge in [-0.25, -0.2) is 4.79 Å². The molecule has 0 bridgehead atoms. The molecular formula is C4HClN2O2. The fourth-order valence-corrected chi connectivity index (χ4v) is 0.549. The summed E-state index contributed by atoms with van der Waals surface area (Å²) < 4.78 is 0. The van der Waals surface area contributed by atoms with E-state index in [2.05, 4.69) is 9.98 Å². The molecule has 0 fully saturated rings. The van der Waals surface area contributed by atoms with E-state index in [1.165, 1.54) is 0 Å². The second kappa shape index (κ2) is 2.06. The first kappa shape index (κ1) is 6.10. The number of aldehydes is 1. The van der Waals surface area contributed by atoms with Crippen LogP contribution in [0.1, 0.15) is 0 Å². The third kappa shape index (κ3) is 1.02. The van der Waals surface area contributed by atoms with Crippen LogP contribution in [-0.4, -0.2) is 23.2 Å². The van der Waals surface area contributed by atoms with Crippen molar-refractivity contribution in [3.63, 3.8) is 0 Å². The van der Waals surface area contributed by atoms with Crippen LogP contribution in [0.15, 0.2) is 9.98 Å². The molecule has 2 amide bonds. The lowest BCUT2D eigenvalue weighted by molar-refractivity contribution is -0.102. The summed E-state index contributed by atoms with van der Waals surface area (Å²) in [5.74, 6) is 0. The minimum atomic E-state index is -0.720. The number of hydrogen-bond donors (Lipinski definition) is 0. The van der Waals surface area contributed by atoms with E-state index in [0.717, 1.165) is 0 Å². The van der Waals surface area contributed by atoms with Crippen molar-refractivity contribution < 1.29 is 9.59 Å². The second-order valence-corrected chi connectivity index (χ2v) is 1.66. The van der Waals surface area contributed by atoms with E-state index in [4.69, 9.17) is 11.6 Å². The third-order valence-corrected chi connectivity index (χ3v) is 1.01. The molecule has 9 heavy (non-hydrogen) atoms. The van der Waals surface area contributed by atoms with Crippen molar-refractivity contribution in [2.24, 2.45) is 9.98 Å². The average molecular weight is 145 g/mol. The fourth-order valence-electron chi connectivity index (χ4n) is 0.390. The van der Waals surface area contributed by atoms with Crippen LogP contribution < -0.4 is 0 Å². The molecule has 1 rings (SSSR count). The zero-order valence-corrected chi connectivity index (χ0v) is 4.92. The van der Waals surface area contributed by atoms with Gasteiger partial charge in [0.2, 0.25) is 0 Å². The van der Waals surface area contributed by atoms with Crippen LogP contribution in [0, 0.1) is 0 Å². The summed E-state index contributed by atoms with van der Waals surface area (Å²) in [6, 6.07) is -0.720. The highest BCUT2D eigenvalue weighted by Gasteiger charge is 2.15. The molecule has 0 saturated heterocycles. The maximum absolute atomic E-state index is 10.2. The van der Waals surface area contributed by atoms with Crippen LogP contribution in [0.2, 0.25) is 0 Å². The van der Waals surface area contributed by atoms with Crippen molar-refractivity contribution in [1.82, 2.24) is 0 Å². The number of hydrogen-bond acceptors (Lipinski definition) is 2. The van der Waals surface area contributed by atoms with E-state index in [0.29, 0.717) is 6.29 Å². The molecular weight excluding hydrogens is 144 g/mol. The minimum Gasteiger partial charge on any atom is -0.296 e. The van der Waals surface area contributed by atoms with Crippen molar-refractivity contribution >= 4 is 34.8 Å². The smallest absolute Gasteiger partial charge is 0.296 e. The first-order chi connectivity index (χ1) is 4.24. The normalized spacial score (nSPS) is 17.2. The number of urea groups is 1. The Morgan fingerprint density at radius 2 is 2.11 bits per heavy atom. The largest absolute Gasteiger partial charge is 0.369 e. The lowest BCUT2D eigenvalue weighted by Crippen LogP contribution is -2.03. The predicted octanol–water partition coefficient (Wildman–Crippen LogP) is 0.397. The molecule has 1 aliphatic rings. The first-order valence-electron chi connectivity index (χ1n) is 2.06.